The van der Waals surface area contributed by atoms with Crippen molar-refractivity contribution in [3.63, 3.8) is 0 Å². The lowest BCUT2D eigenvalue weighted by atomic mass is 10.3. The molecule has 0 aliphatic carbocycles. The number of nitrogens with one attached hydrogen (secondary N) is 2. The summed E-state index contributed by atoms with van der Waals surface area (Å²) in [6.45, 7) is 9.17. The minimum Gasteiger partial charge on any atom is -0.379 e. The first-order chi connectivity index (χ1) is 10.3. The van der Waals surface area contributed by atoms with E-state index in [4.69, 9.17) is 4.74 Å². The van der Waals surface area contributed by atoms with Gasteiger partial charge < -0.3 is 15.4 Å². The number of rotatable bonds is 7. The number of morpholine rings is 1. The Morgan fingerprint density at radius 2 is 2.24 bits per heavy atom. The van der Waals surface area contributed by atoms with E-state index in [1.54, 1.807) is 12.1 Å². The number of nitrogens with zero attached hydrogens (tertiary/aromatic N) is 3. The van der Waals surface area contributed by atoms with E-state index in [1.807, 2.05) is 0 Å². The van der Waals surface area contributed by atoms with Crippen LogP contribution in [0.15, 0.2) is 25.0 Å². The van der Waals surface area contributed by atoms with E-state index >= 15 is 0 Å². The van der Waals surface area contributed by atoms with Gasteiger partial charge in [0.25, 0.3) is 5.91 Å². The molecule has 21 heavy (non-hydrogen) atoms. The maximum absolute atomic E-state index is 11.8. The van der Waals surface area contributed by atoms with Crippen LogP contribution < -0.4 is 10.6 Å². The summed E-state index contributed by atoms with van der Waals surface area (Å²) < 4.78 is 5.30. The van der Waals surface area contributed by atoms with Gasteiger partial charge in [-0.05, 0) is 0 Å². The van der Waals surface area contributed by atoms with Crippen molar-refractivity contribution in [3.8, 4) is 0 Å². The number of anilines is 1. The van der Waals surface area contributed by atoms with Gasteiger partial charge in [-0.25, -0.2) is 9.97 Å². The fraction of sp³-hybridized carbons (Fsp3) is 0.500. The maximum Gasteiger partial charge on any atom is 0.270 e. The zero-order chi connectivity index (χ0) is 14.9. The summed E-state index contributed by atoms with van der Waals surface area (Å²) in [7, 11) is 0. The van der Waals surface area contributed by atoms with Crippen molar-refractivity contribution < 1.29 is 9.53 Å². The molecule has 114 valence electrons. The van der Waals surface area contributed by atoms with Crippen molar-refractivity contribution in [1.29, 1.82) is 0 Å². The molecule has 0 atom stereocenters. The summed E-state index contributed by atoms with van der Waals surface area (Å²) in [6.07, 6.45) is 3.01. The third-order valence-corrected chi connectivity index (χ3v) is 3.14. The number of carbonyl (C=O) groups excluding carboxylic acids is 1. The summed E-state index contributed by atoms with van der Waals surface area (Å²) in [6, 6.07) is 1.65. The molecule has 2 N–H and O–H groups in total. The minimum atomic E-state index is -0.228. The van der Waals surface area contributed by atoms with Gasteiger partial charge in [0.1, 0.15) is 17.8 Å². The Morgan fingerprint density at radius 3 is 3.00 bits per heavy atom. The quantitative estimate of drug-likeness (QED) is 0.696. The van der Waals surface area contributed by atoms with Crippen LogP contribution in [0, 0.1) is 0 Å². The SMILES string of the molecule is C=CCNC(=O)c1cc(NCCN2CCOCC2)ncn1. The van der Waals surface area contributed by atoms with Gasteiger partial charge in [-0.3, -0.25) is 9.69 Å². The Labute approximate surface area is 124 Å². The number of hydrogen-bond donors (Lipinski definition) is 2. The summed E-state index contributed by atoms with van der Waals surface area (Å²) >= 11 is 0. The average molecular weight is 291 g/mol. The lowest BCUT2D eigenvalue weighted by molar-refractivity contribution is 0.0398. The normalized spacial score (nSPS) is 15.4. The first kappa shape index (κ1) is 15.4. The lowest BCUT2D eigenvalue weighted by Crippen LogP contribution is -2.39. The van der Waals surface area contributed by atoms with Crippen LogP contribution in [-0.2, 0) is 4.74 Å². The molecule has 1 fully saturated rings. The zero-order valence-corrected chi connectivity index (χ0v) is 12.0. The van der Waals surface area contributed by atoms with Gasteiger partial charge in [-0.2, -0.15) is 0 Å². The van der Waals surface area contributed by atoms with Crippen molar-refractivity contribution >= 4 is 11.7 Å². The molecule has 0 saturated carbocycles. The van der Waals surface area contributed by atoms with Crippen molar-refractivity contribution in [2.45, 2.75) is 0 Å². The fourth-order valence-electron chi connectivity index (χ4n) is 2.00. The average Bonchev–Trinajstić information content (AvgIpc) is 2.54. The summed E-state index contributed by atoms with van der Waals surface area (Å²) in [5, 5.41) is 5.90. The van der Waals surface area contributed by atoms with Crippen LogP contribution in [0.2, 0.25) is 0 Å². The molecule has 1 aromatic rings. The van der Waals surface area contributed by atoms with Gasteiger partial charge in [0.15, 0.2) is 0 Å². The molecule has 1 amide bonds. The molecule has 0 unspecified atom stereocenters. The molecule has 1 aliphatic heterocycles. The monoisotopic (exact) mass is 291 g/mol. The molecule has 1 aliphatic rings. The van der Waals surface area contributed by atoms with Crippen molar-refractivity contribution in [2.24, 2.45) is 0 Å². The number of amides is 1. The Morgan fingerprint density at radius 1 is 1.43 bits per heavy atom. The summed E-state index contributed by atoms with van der Waals surface area (Å²) in [4.78, 5) is 22.2. The largest absolute Gasteiger partial charge is 0.379 e. The summed E-state index contributed by atoms with van der Waals surface area (Å²) in [5.74, 6) is 0.426. The first-order valence-electron chi connectivity index (χ1n) is 7.04. The Balaban J connectivity index is 1.80. The lowest BCUT2D eigenvalue weighted by Gasteiger charge is -2.26. The van der Waals surface area contributed by atoms with Crippen LogP contribution in [0.3, 0.4) is 0 Å². The Hall–Kier alpha value is -1.99. The Bertz CT molecular complexity index is 474. The smallest absolute Gasteiger partial charge is 0.270 e. The van der Waals surface area contributed by atoms with Gasteiger partial charge in [-0.1, -0.05) is 6.08 Å². The van der Waals surface area contributed by atoms with Crippen LogP contribution in [0.5, 0.6) is 0 Å². The molecular weight excluding hydrogens is 270 g/mol. The van der Waals surface area contributed by atoms with E-state index < -0.39 is 0 Å². The van der Waals surface area contributed by atoms with Crippen LogP contribution in [0.4, 0.5) is 5.82 Å². The maximum atomic E-state index is 11.8. The van der Waals surface area contributed by atoms with Crippen molar-refractivity contribution in [2.75, 3.05) is 51.3 Å². The molecule has 0 aromatic carbocycles. The number of ether oxygens (including phenoxy) is 1. The predicted molar refractivity (Wildman–Crippen MR) is 80.3 cm³/mol. The highest BCUT2D eigenvalue weighted by Gasteiger charge is 2.10. The first-order valence-corrected chi connectivity index (χ1v) is 7.04. The molecule has 0 radical (unpaired) electrons. The molecule has 0 bridgehead atoms. The van der Waals surface area contributed by atoms with Crippen LogP contribution >= 0.6 is 0 Å². The molecule has 0 spiro atoms. The third kappa shape index (κ3) is 5.13. The van der Waals surface area contributed by atoms with Crippen molar-refractivity contribution in [1.82, 2.24) is 20.2 Å². The van der Waals surface area contributed by atoms with E-state index in [2.05, 4.69) is 32.1 Å². The molecule has 1 aromatic heterocycles. The van der Waals surface area contributed by atoms with Crippen LogP contribution in [-0.4, -0.2) is 66.7 Å². The molecule has 2 heterocycles. The highest BCUT2D eigenvalue weighted by atomic mass is 16.5. The number of carbonyl (C=O) groups is 1. The van der Waals surface area contributed by atoms with Gasteiger partial charge in [0.05, 0.1) is 13.2 Å². The van der Waals surface area contributed by atoms with E-state index in [0.29, 0.717) is 18.1 Å². The second kappa shape index (κ2) is 8.33. The van der Waals surface area contributed by atoms with Gasteiger partial charge in [-0.15, -0.1) is 6.58 Å². The second-order valence-corrected chi connectivity index (χ2v) is 4.67. The van der Waals surface area contributed by atoms with E-state index in [0.717, 1.165) is 39.4 Å². The summed E-state index contributed by atoms with van der Waals surface area (Å²) in [5.41, 5.74) is 0.348. The van der Waals surface area contributed by atoms with Gasteiger partial charge in [0.2, 0.25) is 0 Å². The highest BCUT2D eigenvalue weighted by molar-refractivity contribution is 5.92. The van der Waals surface area contributed by atoms with Gasteiger partial charge >= 0.3 is 0 Å². The Kier molecular flexibility index (Phi) is 6.11. The zero-order valence-electron chi connectivity index (χ0n) is 12.0. The topological polar surface area (TPSA) is 79.4 Å². The van der Waals surface area contributed by atoms with Crippen LogP contribution in [0.25, 0.3) is 0 Å². The highest BCUT2D eigenvalue weighted by Crippen LogP contribution is 2.04. The molecule has 7 heteroatoms. The second-order valence-electron chi connectivity index (χ2n) is 4.67. The van der Waals surface area contributed by atoms with Gasteiger partial charge in [0, 0.05) is 38.8 Å². The third-order valence-electron chi connectivity index (χ3n) is 3.14. The van der Waals surface area contributed by atoms with Crippen molar-refractivity contribution in [3.05, 3.63) is 30.7 Å². The standard InChI is InChI=1S/C14H21N5O2/c1-2-3-16-14(20)12-10-13(18-11-17-12)15-4-5-19-6-8-21-9-7-19/h2,10-11H,1,3-9H2,(H,16,20)(H,15,17,18). The minimum absolute atomic E-state index is 0.228. The number of aromatic nitrogens is 2. The molecule has 1 saturated heterocycles. The van der Waals surface area contributed by atoms with E-state index in [9.17, 15) is 4.79 Å². The molecule has 2 rings (SSSR count). The van der Waals surface area contributed by atoms with E-state index in [-0.39, 0.29) is 5.91 Å². The van der Waals surface area contributed by atoms with E-state index in [1.165, 1.54) is 6.33 Å². The molecular formula is C14H21N5O2. The number of hydrogen-bond acceptors (Lipinski definition) is 6. The predicted octanol–water partition coefficient (Wildman–Crippen LogP) is 0.137. The fourth-order valence-corrected chi connectivity index (χ4v) is 2.00. The van der Waals surface area contributed by atoms with Crippen LogP contribution in [0.1, 0.15) is 10.5 Å². The molecule has 7 nitrogen and oxygen atoms in total.